The summed E-state index contributed by atoms with van der Waals surface area (Å²) in [7, 11) is 0. The van der Waals surface area contributed by atoms with Gasteiger partial charge >= 0.3 is 6.61 Å². The Bertz CT molecular complexity index is 753. The first kappa shape index (κ1) is 24.1. The monoisotopic (exact) mass is 508 g/mol. The standard InChI is InChI=1S/C18H26F2N6O.HI/c1-4-16-25-24-12-26(16)9-8-22-18(21-5-2)23-11-14-10-13(3)6-7-15(14)27-17(19)20;/h6-7,10,12,17H,4-5,8-9,11H2,1-3H3,(H2,21,22,23);1H. The van der Waals surface area contributed by atoms with Crippen molar-refractivity contribution in [1.29, 1.82) is 0 Å². The highest BCUT2D eigenvalue weighted by Gasteiger charge is 2.10. The minimum Gasteiger partial charge on any atom is -0.434 e. The second-order valence-electron chi connectivity index (χ2n) is 5.91. The predicted molar refractivity (Wildman–Crippen MR) is 115 cm³/mol. The molecule has 28 heavy (non-hydrogen) atoms. The zero-order chi connectivity index (χ0) is 19.6. The van der Waals surface area contributed by atoms with E-state index in [2.05, 4.69) is 30.6 Å². The van der Waals surface area contributed by atoms with Gasteiger partial charge in [0.15, 0.2) is 5.96 Å². The SMILES string of the molecule is CCNC(=NCc1cc(C)ccc1OC(F)F)NCCn1cnnc1CC.I. The van der Waals surface area contributed by atoms with Crippen LogP contribution in [0, 0.1) is 6.92 Å². The molecule has 0 bridgehead atoms. The maximum Gasteiger partial charge on any atom is 0.387 e. The second kappa shape index (κ2) is 12.5. The lowest BCUT2D eigenvalue weighted by Gasteiger charge is -2.14. The first-order chi connectivity index (χ1) is 13.0. The van der Waals surface area contributed by atoms with Gasteiger partial charge in [0.05, 0.1) is 6.54 Å². The number of halogens is 3. The molecule has 0 amide bonds. The molecule has 0 radical (unpaired) electrons. The number of alkyl halides is 2. The van der Waals surface area contributed by atoms with Gasteiger partial charge in [0.25, 0.3) is 0 Å². The number of aliphatic imine (C=N–C) groups is 1. The van der Waals surface area contributed by atoms with E-state index >= 15 is 0 Å². The van der Waals surface area contributed by atoms with Gasteiger partial charge < -0.3 is 19.9 Å². The number of nitrogens with one attached hydrogen (secondary N) is 2. The fourth-order valence-electron chi connectivity index (χ4n) is 2.58. The molecule has 1 heterocycles. The normalized spacial score (nSPS) is 11.3. The summed E-state index contributed by atoms with van der Waals surface area (Å²) in [6.45, 7) is 5.27. The Balaban J connectivity index is 0.00000392. The van der Waals surface area contributed by atoms with E-state index in [1.807, 2.05) is 25.3 Å². The van der Waals surface area contributed by atoms with Crippen molar-refractivity contribution < 1.29 is 13.5 Å². The van der Waals surface area contributed by atoms with Crippen molar-refractivity contribution in [3.63, 3.8) is 0 Å². The first-order valence-electron chi connectivity index (χ1n) is 8.96. The van der Waals surface area contributed by atoms with E-state index in [4.69, 9.17) is 0 Å². The summed E-state index contributed by atoms with van der Waals surface area (Å²) < 4.78 is 31.7. The van der Waals surface area contributed by atoms with Crippen LogP contribution in [0.1, 0.15) is 30.8 Å². The van der Waals surface area contributed by atoms with Gasteiger partial charge in [-0.3, -0.25) is 0 Å². The third kappa shape index (κ3) is 7.56. The second-order valence-corrected chi connectivity index (χ2v) is 5.91. The van der Waals surface area contributed by atoms with Crippen LogP contribution in [0.4, 0.5) is 8.78 Å². The van der Waals surface area contributed by atoms with Crippen molar-refractivity contribution >= 4 is 29.9 Å². The molecule has 0 atom stereocenters. The van der Waals surface area contributed by atoms with Crippen molar-refractivity contribution in [2.45, 2.75) is 46.9 Å². The van der Waals surface area contributed by atoms with Crippen molar-refractivity contribution in [2.24, 2.45) is 4.99 Å². The number of guanidine groups is 1. The molecule has 1 aromatic carbocycles. The van der Waals surface area contributed by atoms with E-state index in [9.17, 15) is 8.78 Å². The lowest BCUT2D eigenvalue weighted by molar-refractivity contribution is -0.0504. The van der Waals surface area contributed by atoms with Gasteiger partial charge in [-0.2, -0.15) is 8.78 Å². The number of hydrogen-bond donors (Lipinski definition) is 2. The van der Waals surface area contributed by atoms with Gasteiger partial charge in [0.1, 0.15) is 17.9 Å². The molecule has 156 valence electrons. The Morgan fingerprint density at radius 3 is 2.75 bits per heavy atom. The molecule has 0 saturated heterocycles. The van der Waals surface area contributed by atoms with Crippen molar-refractivity contribution in [3.05, 3.63) is 41.5 Å². The van der Waals surface area contributed by atoms with Gasteiger partial charge in [-0.25, -0.2) is 4.99 Å². The molecule has 0 aliphatic rings. The largest absolute Gasteiger partial charge is 0.434 e. The minimum atomic E-state index is -2.86. The van der Waals surface area contributed by atoms with Crippen molar-refractivity contribution in [3.8, 4) is 5.75 Å². The fourth-order valence-corrected chi connectivity index (χ4v) is 2.58. The average Bonchev–Trinajstić information content (AvgIpc) is 3.08. The molecule has 7 nitrogen and oxygen atoms in total. The highest BCUT2D eigenvalue weighted by Crippen LogP contribution is 2.22. The van der Waals surface area contributed by atoms with Crippen LogP contribution in [0.2, 0.25) is 0 Å². The summed E-state index contributed by atoms with van der Waals surface area (Å²) in [6, 6.07) is 5.08. The van der Waals surface area contributed by atoms with Crippen LogP contribution in [-0.4, -0.2) is 40.4 Å². The molecule has 2 aromatic rings. The highest BCUT2D eigenvalue weighted by molar-refractivity contribution is 14.0. The van der Waals surface area contributed by atoms with Crippen LogP contribution in [0.15, 0.2) is 29.5 Å². The Labute approximate surface area is 181 Å². The van der Waals surface area contributed by atoms with E-state index in [0.29, 0.717) is 31.2 Å². The summed E-state index contributed by atoms with van der Waals surface area (Å²) in [5, 5.41) is 14.3. The average molecular weight is 508 g/mol. The van der Waals surface area contributed by atoms with Crippen molar-refractivity contribution in [1.82, 2.24) is 25.4 Å². The zero-order valence-corrected chi connectivity index (χ0v) is 18.6. The number of aromatic nitrogens is 3. The van der Waals surface area contributed by atoms with Crippen molar-refractivity contribution in [2.75, 3.05) is 13.1 Å². The molecule has 2 N–H and O–H groups in total. The third-order valence-corrected chi connectivity index (χ3v) is 3.84. The predicted octanol–water partition coefficient (Wildman–Crippen LogP) is 3.12. The van der Waals surface area contributed by atoms with Crippen LogP contribution >= 0.6 is 24.0 Å². The number of nitrogens with zero attached hydrogens (tertiary/aromatic N) is 4. The fraction of sp³-hybridized carbons (Fsp3) is 0.500. The third-order valence-electron chi connectivity index (χ3n) is 3.84. The molecule has 2 rings (SSSR count). The molecule has 0 saturated carbocycles. The molecule has 0 fully saturated rings. The smallest absolute Gasteiger partial charge is 0.387 e. The topological polar surface area (TPSA) is 76.4 Å². The van der Waals surface area contributed by atoms with Crippen LogP contribution < -0.4 is 15.4 Å². The summed E-state index contributed by atoms with van der Waals surface area (Å²) in [5.74, 6) is 1.67. The summed E-state index contributed by atoms with van der Waals surface area (Å²) in [5.41, 5.74) is 1.57. The summed E-state index contributed by atoms with van der Waals surface area (Å²) in [6.07, 6.45) is 2.51. The van der Waals surface area contributed by atoms with E-state index in [-0.39, 0.29) is 36.3 Å². The maximum absolute atomic E-state index is 12.6. The number of hydrogen-bond acceptors (Lipinski definition) is 4. The Morgan fingerprint density at radius 1 is 1.29 bits per heavy atom. The Kier molecular flexibility index (Phi) is 10.7. The quantitative estimate of drug-likeness (QED) is 0.310. The number of benzene rings is 1. The molecular formula is C18H27F2IN6O. The highest BCUT2D eigenvalue weighted by atomic mass is 127. The zero-order valence-electron chi connectivity index (χ0n) is 16.3. The van der Waals surface area contributed by atoms with Gasteiger partial charge in [0.2, 0.25) is 0 Å². The Morgan fingerprint density at radius 2 is 2.07 bits per heavy atom. The minimum absolute atomic E-state index is 0. The molecule has 0 aliphatic carbocycles. The summed E-state index contributed by atoms with van der Waals surface area (Å²) >= 11 is 0. The van der Waals surface area contributed by atoms with E-state index in [1.54, 1.807) is 24.5 Å². The first-order valence-corrected chi connectivity index (χ1v) is 8.96. The Hall–Kier alpha value is -1.98. The molecular weight excluding hydrogens is 481 g/mol. The van der Waals surface area contributed by atoms with Crippen LogP contribution in [0.25, 0.3) is 0 Å². The molecule has 0 spiro atoms. The van der Waals surface area contributed by atoms with Crippen LogP contribution in [0.3, 0.4) is 0 Å². The molecule has 1 aromatic heterocycles. The number of ether oxygens (including phenoxy) is 1. The number of rotatable bonds is 9. The van der Waals surface area contributed by atoms with Crippen LogP contribution in [0.5, 0.6) is 5.75 Å². The van der Waals surface area contributed by atoms with E-state index in [0.717, 1.165) is 17.8 Å². The van der Waals surface area contributed by atoms with E-state index < -0.39 is 6.61 Å². The maximum atomic E-state index is 12.6. The lowest BCUT2D eigenvalue weighted by atomic mass is 10.1. The molecule has 0 unspecified atom stereocenters. The van der Waals surface area contributed by atoms with E-state index in [1.165, 1.54) is 0 Å². The van der Waals surface area contributed by atoms with Gasteiger partial charge in [-0.1, -0.05) is 24.6 Å². The van der Waals surface area contributed by atoms with Gasteiger partial charge in [-0.05, 0) is 19.9 Å². The molecule has 10 heteroatoms. The lowest BCUT2D eigenvalue weighted by Crippen LogP contribution is -2.39. The van der Waals surface area contributed by atoms with Gasteiger partial charge in [0, 0.05) is 31.6 Å². The molecule has 0 aliphatic heterocycles. The summed E-state index contributed by atoms with van der Waals surface area (Å²) in [4.78, 5) is 4.48. The number of aryl methyl sites for hydroxylation is 2. The van der Waals surface area contributed by atoms with Crippen LogP contribution in [-0.2, 0) is 19.5 Å². The van der Waals surface area contributed by atoms with Gasteiger partial charge in [-0.15, -0.1) is 34.2 Å².